The smallest absolute Gasteiger partial charge is 0.329 e. The standard InChI is InChI=1S/C21H29NO4/c1-15(2)19(23)20(24)22-14-8-7-11-18(22)21(25)26-16(3)12-13-17-9-5-4-6-10-17/h4-6,9-10,15-16,18H,7-8,11-14H2,1-3H3. The molecule has 1 heterocycles. The van der Waals surface area contributed by atoms with E-state index in [2.05, 4.69) is 0 Å². The number of piperidine rings is 1. The first-order chi connectivity index (χ1) is 12.4. The van der Waals surface area contributed by atoms with Crippen LogP contribution in [0.4, 0.5) is 0 Å². The zero-order valence-corrected chi connectivity index (χ0v) is 15.9. The highest BCUT2D eigenvalue weighted by Crippen LogP contribution is 2.20. The highest BCUT2D eigenvalue weighted by molar-refractivity contribution is 6.37. The van der Waals surface area contributed by atoms with Crippen molar-refractivity contribution in [2.75, 3.05) is 6.54 Å². The molecule has 2 unspecified atom stereocenters. The van der Waals surface area contributed by atoms with Gasteiger partial charge in [0, 0.05) is 12.5 Å². The molecule has 1 saturated heterocycles. The lowest BCUT2D eigenvalue weighted by molar-refractivity contribution is -0.162. The molecule has 1 amide bonds. The summed E-state index contributed by atoms with van der Waals surface area (Å²) in [5.41, 5.74) is 1.20. The van der Waals surface area contributed by atoms with Gasteiger partial charge < -0.3 is 9.64 Å². The van der Waals surface area contributed by atoms with Gasteiger partial charge in [-0.1, -0.05) is 44.2 Å². The molecule has 0 radical (unpaired) electrons. The number of benzene rings is 1. The van der Waals surface area contributed by atoms with Crippen LogP contribution in [0.25, 0.3) is 0 Å². The molecule has 1 aliphatic heterocycles. The van der Waals surface area contributed by atoms with Gasteiger partial charge in [0.2, 0.25) is 5.78 Å². The van der Waals surface area contributed by atoms with Crippen molar-refractivity contribution in [1.82, 2.24) is 4.90 Å². The molecule has 1 aromatic carbocycles. The van der Waals surface area contributed by atoms with E-state index >= 15 is 0 Å². The number of carbonyl (C=O) groups is 3. The Morgan fingerprint density at radius 1 is 1.12 bits per heavy atom. The summed E-state index contributed by atoms with van der Waals surface area (Å²) in [5.74, 6) is -1.76. The molecule has 2 rings (SSSR count). The van der Waals surface area contributed by atoms with Gasteiger partial charge >= 0.3 is 5.97 Å². The van der Waals surface area contributed by atoms with Crippen molar-refractivity contribution in [2.24, 2.45) is 5.92 Å². The quantitative estimate of drug-likeness (QED) is 0.554. The predicted octanol–water partition coefficient (Wildman–Crippen LogP) is 3.16. The predicted molar refractivity (Wildman–Crippen MR) is 99.5 cm³/mol. The van der Waals surface area contributed by atoms with Crippen molar-refractivity contribution in [3.63, 3.8) is 0 Å². The molecule has 0 aliphatic carbocycles. The molecule has 5 nitrogen and oxygen atoms in total. The van der Waals surface area contributed by atoms with Gasteiger partial charge in [-0.05, 0) is 44.6 Å². The Hall–Kier alpha value is -2.17. The number of ketones is 1. The average Bonchev–Trinajstić information content (AvgIpc) is 2.65. The van der Waals surface area contributed by atoms with Gasteiger partial charge in [0.05, 0.1) is 6.10 Å². The summed E-state index contributed by atoms with van der Waals surface area (Å²) in [6.45, 7) is 5.71. The molecule has 0 aromatic heterocycles. The fourth-order valence-electron chi connectivity index (χ4n) is 3.16. The topological polar surface area (TPSA) is 63.7 Å². The molecule has 26 heavy (non-hydrogen) atoms. The van der Waals surface area contributed by atoms with E-state index in [0.29, 0.717) is 13.0 Å². The van der Waals surface area contributed by atoms with Gasteiger partial charge in [-0.15, -0.1) is 0 Å². The van der Waals surface area contributed by atoms with Gasteiger partial charge in [-0.2, -0.15) is 0 Å². The van der Waals surface area contributed by atoms with Crippen molar-refractivity contribution in [2.45, 2.75) is 65.0 Å². The lowest BCUT2D eigenvalue weighted by Crippen LogP contribution is -2.52. The van der Waals surface area contributed by atoms with Crippen LogP contribution in [0.5, 0.6) is 0 Å². The summed E-state index contributed by atoms with van der Waals surface area (Å²) in [5, 5.41) is 0. The van der Waals surface area contributed by atoms with Crippen LogP contribution < -0.4 is 0 Å². The molecule has 1 aromatic rings. The molecule has 0 bridgehead atoms. The third kappa shape index (κ3) is 5.41. The van der Waals surface area contributed by atoms with E-state index in [9.17, 15) is 14.4 Å². The molecule has 2 atom stereocenters. The third-order valence-corrected chi connectivity index (χ3v) is 4.77. The molecule has 1 aliphatic rings. The lowest BCUT2D eigenvalue weighted by atomic mass is 9.99. The van der Waals surface area contributed by atoms with E-state index in [1.165, 1.54) is 10.5 Å². The van der Waals surface area contributed by atoms with E-state index in [4.69, 9.17) is 4.74 Å². The summed E-state index contributed by atoms with van der Waals surface area (Å²) < 4.78 is 5.59. The maximum absolute atomic E-state index is 12.6. The number of esters is 1. The number of ether oxygens (including phenoxy) is 1. The zero-order chi connectivity index (χ0) is 19.1. The van der Waals surface area contributed by atoms with Crippen LogP contribution in [-0.2, 0) is 25.5 Å². The molecule has 1 fully saturated rings. The highest BCUT2D eigenvalue weighted by Gasteiger charge is 2.37. The number of aryl methyl sites for hydroxylation is 1. The van der Waals surface area contributed by atoms with Crippen LogP contribution in [0.1, 0.15) is 52.0 Å². The summed E-state index contributed by atoms with van der Waals surface area (Å²) in [4.78, 5) is 38.5. The Kier molecular flexibility index (Phi) is 7.37. The second-order valence-electron chi connectivity index (χ2n) is 7.30. The molecule has 5 heteroatoms. The highest BCUT2D eigenvalue weighted by atomic mass is 16.5. The third-order valence-electron chi connectivity index (χ3n) is 4.77. The largest absolute Gasteiger partial charge is 0.461 e. The van der Waals surface area contributed by atoms with Crippen molar-refractivity contribution in [3.05, 3.63) is 35.9 Å². The Morgan fingerprint density at radius 2 is 1.81 bits per heavy atom. The Labute approximate surface area is 155 Å². The lowest BCUT2D eigenvalue weighted by Gasteiger charge is -2.34. The van der Waals surface area contributed by atoms with Gasteiger partial charge in [-0.3, -0.25) is 9.59 Å². The van der Waals surface area contributed by atoms with Crippen LogP contribution in [0.3, 0.4) is 0 Å². The van der Waals surface area contributed by atoms with Crippen molar-refractivity contribution in [1.29, 1.82) is 0 Å². The van der Waals surface area contributed by atoms with Crippen LogP contribution in [0, 0.1) is 5.92 Å². The van der Waals surface area contributed by atoms with Crippen molar-refractivity contribution < 1.29 is 19.1 Å². The van der Waals surface area contributed by atoms with Crippen molar-refractivity contribution >= 4 is 17.7 Å². The van der Waals surface area contributed by atoms with E-state index in [1.807, 2.05) is 37.3 Å². The molecular formula is C21H29NO4. The Bertz CT molecular complexity index is 626. The van der Waals surface area contributed by atoms with Crippen LogP contribution >= 0.6 is 0 Å². The van der Waals surface area contributed by atoms with Crippen LogP contribution in [0.15, 0.2) is 30.3 Å². The number of hydrogen-bond acceptors (Lipinski definition) is 4. The Balaban J connectivity index is 1.92. The summed E-state index contributed by atoms with van der Waals surface area (Å²) in [6.07, 6.45) is 3.54. The SMILES string of the molecule is CC(CCc1ccccc1)OC(=O)C1CCCCN1C(=O)C(=O)C(C)C. The summed E-state index contributed by atoms with van der Waals surface area (Å²) >= 11 is 0. The molecule has 0 spiro atoms. The van der Waals surface area contributed by atoms with Gasteiger partial charge in [0.1, 0.15) is 6.04 Å². The normalized spacial score (nSPS) is 18.5. The Morgan fingerprint density at radius 3 is 2.46 bits per heavy atom. The first-order valence-electron chi connectivity index (χ1n) is 9.49. The first-order valence-corrected chi connectivity index (χ1v) is 9.49. The van der Waals surface area contributed by atoms with Gasteiger partial charge in [-0.25, -0.2) is 4.79 Å². The number of amides is 1. The van der Waals surface area contributed by atoms with Crippen LogP contribution in [-0.4, -0.2) is 41.3 Å². The number of Topliss-reactive ketones (excluding diaryl/α,β-unsaturated/α-hetero) is 1. The number of carbonyl (C=O) groups excluding carboxylic acids is 3. The summed E-state index contributed by atoms with van der Waals surface area (Å²) in [6, 6.07) is 9.41. The average molecular weight is 359 g/mol. The maximum Gasteiger partial charge on any atom is 0.329 e. The minimum atomic E-state index is -0.641. The molecule has 0 N–H and O–H groups in total. The minimum absolute atomic E-state index is 0.234. The number of rotatable bonds is 7. The monoisotopic (exact) mass is 359 g/mol. The fourth-order valence-corrected chi connectivity index (χ4v) is 3.16. The van der Waals surface area contributed by atoms with E-state index in [-0.39, 0.29) is 12.0 Å². The van der Waals surface area contributed by atoms with E-state index < -0.39 is 23.7 Å². The van der Waals surface area contributed by atoms with Crippen LogP contribution in [0.2, 0.25) is 0 Å². The fraction of sp³-hybridized carbons (Fsp3) is 0.571. The number of likely N-dealkylation sites (tertiary alicyclic amines) is 1. The van der Waals surface area contributed by atoms with Gasteiger partial charge in [0.15, 0.2) is 0 Å². The summed E-state index contributed by atoms with van der Waals surface area (Å²) in [7, 11) is 0. The second-order valence-corrected chi connectivity index (χ2v) is 7.30. The van der Waals surface area contributed by atoms with Crippen molar-refractivity contribution in [3.8, 4) is 0 Å². The molecule has 0 saturated carbocycles. The van der Waals surface area contributed by atoms with Gasteiger partial charge in [0.25, 0.3) is 5.91 Å². The maximum atomic E-state index is 12.6. The number of nitrogens with zero attached hydrogens (tertiary/aromatic N) is 1. The van der Waals surface area contributed by atoms with E-state index in [1.54, 1.807) is 13.8 Å². The molecule has 142 valence electrons. The minimum Gasteiger partial charge on any atom is -0.461 e. The number of hydrogen-bond donors (Lipinski definition) is 0. The zero-order valence-electron chi connectivity index (χ0n) is 15.9. The first kappa shape index (κ1) is 20.1. The van der Waals surface area contributed by atoms with E-state index in [0.717, 1.165) is 25.7 Å². The molecular weight excluding hydrogens is 330 g/mol. The second kappa shape index (κ2) is 9.51.